The lowest BCUT2D eigenvalue weighted by Gasteiger charge is -2.10. The maximum atomic E-state index is 12.4. The van der Waals surface area contributed by atoms with Gasteiger partial charge in [0, 0.05) is 5.69 Å². The quantitative estimate of drug-likeness (QED) is 0.855. The number of sulfonamides is 1. The second-order valence-electron chi connectivity index (χ2n) is 5.73. The predicted molar refractivity (Wildman–Crippen MR) is 91.8 cm³/mol. The van der Waals surface area contributed by atoms with Gasteiger partial charge in [0.05, 0.1) is 4.90 Å². The maximum absolute atomic E-state index is 12.4. The van der Waals surface area contributed by atoms with Crippen LogP contribution in [0.15, 0.2) is 47.4 Å². The Balaban J connectivity index is 2.19. The second-order valence-corrected chi connectivity index (χ2v) is 7.41. The first kappa shape index (κ1) is 16.6. The van der Waals surface area contributed by atoms with Gasteiger partial charge in [-0.05, 0) is 67.6 Å². The molecule has 118 valence electrons. The van der Waals surface area contributed by atoms with Gasteiger partial charge in [-0.2, -0.15) is 0 Å². The van der Waals surface area contributed by atoms with Gasteiger partial charge < -0.3 is 0 Å². The van der Waals surface area contributed by atoms with Gasteiger partial charge >= 0.3 is 0 Å². The number of nitrogens with one attached hydrogen (secondary N) is 1. The number of rotatable bonds is 6. The standard InChI is InChI=1S/C18H23NO2S/c1-4-5-6-16-7-9-18(10-8-16)22(20,21)19-17-12-14(2)11-15(3)13-17/h7-13,19H,4-6H2,1-3H3. The number of aryl methyl sites for hydroxylation is 3. The van der Waals surface area contributed by atoms with E-state index in [1.54, 1.807) is 12.1 Å². The molecule has 4 heteroatoms. The smallest absolute Gasteiger partial charge is 0.261 e. The van der Waals surface area contributed by atoms with E-state index in [1.165, 1.54) is 5.56 Å². The molecule has 0 spiro atoms. The lowest BCUT2D eigenvalue weighted by atomic mass is 10.1. The molecule has 2 aromatic carbocycles. The summed E-state index contributed by atoms with van der Waals surface area (Å²) in [6, 6.07) is 12.8. The molecule has 0 aliphatic rings. The van der Waals surface area contributed by atoms with Crippen molar-refractivity contribution in [2.45, 2.75) is 44.9 Å². The number of benzene rings is 2. The van der Waals surface area contributed by atoms with E-state index in [0.717, 1.165) is 30.4 Å². The van der Waals surface area contributed by atoms with Crippen LogP contribution in [-0.4, -0.2) is 8.42 Å². The highest BCUT2D eigenvalue weighted by Gasteiger charge is 2.14. The van der Waals surface area contributed by atoms with Crippen LogP contribution in [0.2, 0.25) is 0 Å². The van der Waals surface area contributed by atoms with Crippen molar-refractivity contribution in [1.29, 1.82) is 0 Å². The Bertz CT molecular complexity index is 714. The van der Waals surface area contributed by atoms with Crippen LogP contribution in [0.5, 0.6) is 0 Å². The Labute approximate surface area is 133 Å². The maximum Gasteiger partial charge on any atom is 0.261 e. The average Bonchev–Trinajstić information content (AvgIpc) is 2.44. The molecule has 0 fully saturated rings. The summed E-state index contributed by atoms with van der Waals surface area (Å²) in [4.78, 5) is 0.298. The lowest BCUT2D eigenvalue weighted by molar-refractivity contribution is 0.601. The van der Waals surface area contributed by atoms with Crippen molar-refractivity contribution in [3.63, 3.8) is 0 Å². The summed E-state index contributed by atoms with van der Waals surface area (Å²) in [7, 11) is -3.53. The van der Waals surface area contributed by atoms with E-state index in [-0.39, 0.29) is 0 Å². The van der Waals surface area contributed by atoms with Crippen LogP contribution in [0.25, 0.3) is 0 Å². The minimum absolute atomic E-state index is 0.298. The average molecular weight is 317 g/mol. The molecule has 0 aromatic heterocycles. The first-order valence-electron chi connectivity index (χ1n) is 7.61. The summed E-state index contributed by atoms with van der Waals surface area (Å²) in [6.45, 7) is 6.05. The summed E-state index contributed by atoms with van der Waals surface area (Å²) >= 11 is 0. The highest BCUT2D eigenvalue weighted by atomic mass is 32.2. The molecular weight excluding hydrogens is 294 g/mol. The second kappa shape index (κ2) is 6.97. The fourth-order valence-corrected chi connectivity index (χ4v) is 3.50. The molecule has 0 aliphatic heterocycles. The van der Waals surface area contributed by atoms with Crippen LogP contribution in [0, 0.1) is 13.8 Å². The van der Waals surface area contributed by atoms with Gasteiger partial charge in [0.1, 0.15) is 0 Å². The number of hydrogen-bond acceptors (Lipinski definition) is 2. The number of anilines is 1. The molecule has 0 aliphatic carbocycles. The zero-order valence-corrected chi connectivity index (χ0v) is 14.2. The molecule has 0 atom stereocenters. The van der Waals surface area contributed by atoms with Gasteiger partial charge in [-0.25, -0.2) is 8.42 Å². The molecule has 22 heavy (non-hydrogen) atoms. The third kappa shape index (κ3) is 4.34. The third-order valence-corrected chi connectivity index (χ3v) is 4.92. The van der Waals surface area contributed by atoms with Crippen LogP contribution in [-0.2, 0) is 16.4 Å². The first-order chi connectivity index (χ1) is 10.4. The molecule has 1 N–H and O–H groups in total. The van der Waals surface area contributed by atoms with Crippen molar-refractivity contribution < 1.29 is 8.42 Å². The molecule has 2 aromatic rings. The molecule has 2 rings (SSSR count). The molecule has 0 unspecified atom stereocenters. The Morgan fingerprint density at radius 3 is 2.09 bits per heavy atom. The van der Waals surface area contributed by atoms with Gasteiger partial charge in [0.2, 0.25) is 0 Å². The molecule has 0 radical (unpaired) electrons. The number of unbranched alkanes of at least 4 members (excludes halogenated alkanes) is 1. The summed E-state index contributed by atoms with van der Waals surface area (Å²) in [5, 5.41) is 0. The Morgan fingerprint density at radius 2 is 1.55 bits per heavy atom. The fraction of sp³-hybridized carbons (Fsp3) is 0.333. The normalized spacial score (nSPS) is 11.4. The minimum atomic E-state index is -3.53. The molecular formula is C18H23NO2S. The summed E-state index contributed by atoms with van der Waals surface area (Å²) < 4.78 is 27.5. The lowest BCUT2D eigenvalue weighted by Crippen LogP contribution is -2.13. The van der Waals surface area contributed by atoms with E-state index in [9.17, 15) is 8.42 Å². The zero-order chi connectivity index (χ0) is 16.2. The van der Waals surface area contributed by atoms with Gasteiger partial charge in [-0.3, -0.25) is 4.72 Å². The summed E-state index contributed by atoms with van der Waals surface area (Å²) in [5.74, 6) is 0. The van der Waals surface area contributed by atoms with E-state index in [4.69, 9.17) is 0 Å². The summed E-state index contributed by atoms with van der Waals surface area (Å²) in [6.07, 6.45) is 3.24. The van der Waals surface area contributed by atoms with Crippen molar-refractivity contribution in [3.8, 4) is 0 Å². The van der Waals surface area contributed by atoms with Gasteiger partial charge in [-0.1, -0.05) is 31.5 Å². The van der Waals surface area contributed by atoms with Crippen molar-refractivity contribution in [2.24, 2.45) is 0 Å². The van der Waals surface area contributed by atoms with Crippen molar-refractivity contribution in [2.75, 3.05) is 4.72 Å². The SMILES string of the molecule is CCCCc1ccc(S(=O)(=O)Nc2cc(C)cc(C)c2)cc1. The third-order valence-electron chi connectivity index (χ3n) is 3.53. The highest BCUT2D eigenvalue weighted by Crippen LogP contribution is 2.19. The molecule has 3 nitrogen and oxygen atoms in total. The molecule has 0 saturated heterocycles. The topological polar surface area (TPSA) is 46.2 Å². The molecule has 0 heterocycles. The van der Waals surface area contributed by atoms with E-state index in [1.807, 2.05) is 44.2 Å². The number of hydrogen-bond donors (Lipinski definition) is 1. The largest absolute Gasteiger partial charge is 0.280 e. The van der Waals surface area contributed by atoms with Gasteiger partial charge in [0.25, 0.3) is 10.0 Å². The van der Waals surface area contributed by atoms with Gasteiger partial charge in [0.15, 0.2) is 0 Å². The van der Waals surface area contributed by atoms with E-state index >= 15 is 0 Å². The van der Waals surface area contributed by atoms with Crippen LogP contribution in [0.4, 0.5) is 5.69 Å². The van der Waals surface area contributed by atoms with Crippen molar-refractivity contribution in [3.05, 3.63) is 59.2 Å². The van der Waals surface area contributed by atoms with Crippen LogP contribution in [0.3, 0.4) is 0 Å². The van der Waals surface area contributed by atoms with Gasteiger partial charge in [-0.15, -0.1) is 0 Å². The van der Waals surface area contributed by atoms with Crippen LogP contribution >= 0.6 is 0 Å². The van der Waals surface area contributed by atoms with Crippen molar-refractivity contribution in [1.82, 2.24) is 0 Å². The Hall–Kier alpha value is -1.81. The Kier molecular flexibility index (Phi) is 5.24. The van der Waals surface area contributed by atoms with Crippen LogP contribution < -0.4 is 4.72 Å². The predicted octanol–water partition coefficient (Wildman–Crippen LogP) is 4.45. The Morgan fingerprint density at radius 1 is 0.955 bits per heavy atom. The molecule has 0 amide bonds. The van der Waals surface area contributed by atoms with E-state index < -0.39 is 10.0 Å². The van der Waals surface area contributed by atoms with Crippen molar-refractivity contribution >= 4 is 15.7 Å². The van der Waals surface area contributed by atoms with Crippen LogP contribution in [0.1, 0.15) is 36.5 Å². The zero-order valence-electron chi connectivity index (χ0n) is 13.4. The highest BCUT2D eigenvalue weighted by molar-refractivity contribution is 7.92. The molecule has 0 saturated carbocycles. The first-order valence-corrected chi connectivity index (χ1v) is 9.09. The van der Waals surface area contributed by atoms with E-state index in [2.05, 4.69) is 11.6 Å². The molecule has 0 bridgehead atoms. The fourth-order valence-electron chi connectivity index (χ4n) is 2.46. The minimum Gasteiger partial charge on any atom is -0.280 e. The monoisotopic (exact) mass is 317 g/mol. The summed E-state index contributed by atoms with van der Waals surface area (Å²) in [5.41, 5.74) is 3.85. The van der Waals surface area contributed by atoms with E-state index in [0.29, 0.717) is 10.6 Å².